The first-order valence-corrected chi connectivity index (χ1v) is 6.58. The van der Waals surface area contributed by atoms with Crippen molar-refractivity contribution < 1.29 is 9.90 Å². The minimum atomic E-state index is -0.996. The van der Waals surface area contributed by atoms with Gasteiger partial charge in [-0.05, 0) is 31.5 Å². The number of carbonyl (C=O) groups is 1. The minimum Gasteiger partial charge on any atom is -0.380 e. The normalized spacial score (nSPS) is 16.9. The first-order chi connectivity index (χ1) is 9.49. The number of carbonyl (C=O) groups excluding carboxylic acids is 1. The predicted octanol–water partition coefficient (Wildman–Crippen LogP) is 1.37. The lowest BCUT2D eigenvalue weighted by Gasteiger charge is -2.45. The highest BCUT2D eigenvalue weighted by molar-refractivity contribution is 5.96. The largest absolute Gasteiger partial charge is 0.380 e. The zero-order chi connectivity index (χ0) is 14.3. The minimum absolute atomic E-state index is 0.0320. The van der Waals surface area contributed by atoms with Crippen molar-refractivity contribution >= 4 is 5.91 Å². The molecular formula is C15H17N3O2. The Kier molecular flexibility index (Phi) is 2.87. The number of H-pyrrole nitrogens is 1. The fraction of sp³-hybridized carbons (Fsp3) is 0.333. The van der Waals surface area contributed by atoms with Crippen molar-refractivity contribution in [3.05, 3.63) is 52.8 Å². The third-order valence-electron chi connectivity index (χ3n) is 3.82. The Bertz CT molecular complexity index is 643. The van der Waals surface area contributed by atoms with Crippen LogP contribution in [-0.2, 0) is 5.60 Å². The molecule has 0 spiro atoms. The summed E-state index contributed by atoms with van der Waals surface area (Å²) in [4.78, 5) is 14.1. The average molecular weight is 271 g/mol. The second-order valence-corrected chi connectivity index (χ2v) is 5.48. The third-order valence-corrected chi connectivity index (χ3v) is 3.82. The van der Waals surface area contributed by atoms with Gasteiger partial charge in [0.05, 0.1) is 18.8 Å². The molecule has 0 radical (unpaired) electrons. The number of rotatable bonds is 2. The van der Waals surface area contributed by atoms with Gasteiger partial charge >= 0.3 is 0 Å². The Morgan fingerprint density at radius 1 is 1.35 bits per heavy atom. The van der Waals surface area contributed by atoms with Crippen LogP contribution in [0.2, 0.25) is 0 Å². The van der Waals surface area contributed by atoms with E-state index in [9.17, 15) is 9.90 Å². The third kappa shape index (κ3) is 2.00. The van der Waals surface area contributed by atoms with E-state index in [1.54, 1.807) is 17.2 Å². The lowest BCUT2D eigenvalue weighted by molar-refractivity contribution is -0.0892. The van der Waals surface area contributed by atoms with Gasteiger partial charge in [0.2, 0.25) is 0 Å². The highest BCUT2D eigenvalue weighted by Crippen LogP contribution is 2.31. The molecule has 3 rings (SSSR count). The summed E-state index contributed by atoms with van der Waals surface area (Å²) in [5, 5.41) is 17.0. The summed E-state index contributed by atoms with van der Waals surface area (Å²) >= 11 is 0. The quantitative estimate of drug-likeness (QED) is 0.866. The molecule has 0 aliphatic carbocycles. The van der Waals surface area contributed by atoms with Crippen LogP contribution in [0.25, 0.3) is 0 Å². The molecule has 2 N–H and O–H groups in total. The number of likely N-dealkylation sites (tertiary alicyclic amines) is 1. The number of aromatic nitrogens is 2. The van der Waals surface area contributed by atoms with Crippen LogP contribution in [0.4, 0.5) is 0 Å². The maximum absolute atomic E-state index is 12.4. The van der Waals surface area contributed by atoms with Gasteiger partial charge in [-0.1, -0.05) is 17.7 Å². The Hall–Kier alpha value is -2.14. The molecule has 1 aromatic carbocycles. The lowest BCUT2D eigenvalue weighted by atomic mass is 9.89. The maximum atomic E-state index is 12.4. The number of nitrogens with zero attached hydrogens (tertiary/aromatic N) is 2. The fourth-order valence-corrected chi connectivity index (χ4v) is 2.55. The van der Waals surface area contributed by atoms with E-state index in [4.69, 9.17) is 0 Å². The zero-order valence-corrected chi connectivity index (χ0v) is 11.6. The number of hydrogen-bond donors (Lipinski definition) is 2. The molecular weight excluding hydrogens is 254 g/mol. The van der Waals surface area contributed by atoms with Crippen molar-refractivity contribution in [2.45, 2.75) is 19.4 Å². The fourth-order valence-electron chi connectivity index (χ4n) is 2.55. The first-order valence-electron chi connectivity index (χ1n) is 6.58. The van der Waals surface area contributed by atoms with Crippen LogP contribution < -0.4 is 0 Å². The molecule has 1 saturated heterocycles. The van der Waals surface area contributed by atoms with Crippen LogP contribution in [-0.4, -0.2) is 39.2 Å². The van der Waals surface area contributed by atoms with Crippen molar-refractivity contribution in [3.8, 4) is 0 Å². The predicted molar refractivity (Wildman–Crippen MR) is 74.3 cm³/mol. The van der Waals surface area contributed by atoms with Crippen LogP contribution in [0.3, 0.4) is 0 Å². The van der Waals surface area contributed by atoms with Gasteiger partial charge in [-0.2, -0.15) is 5.10 Å². The van der Waals surface area contributed by atoms with Gasteiger partial charge < -0.3 is 10.0 Å². The molecule has 5 nitrogen and oxygen atoms in total. The van der Waals surface area contributed by atoms with Crippen LogP contribution in [0.5, 0.6) is 0 Å². The molecule has 0 bridgehead atoms. The van der Waals surface area contributed by atoms with Crippen molar-refractivity contribution in [1.82, 2.24) is 15.1 Å². The molecule has 1 aliphatic rings. The van der Waals surface area contributed by atoms with Gasteiger partial charge in [-0.25, -0.2) is 0 Å². The number of β-amino-alcohol motifs (C(OH)–C–C–N with tert-alkyl or cyclic N) is 1. The second kappa shape index (κ2) is 4.45. The lowest BCUT2D eigenvalue weighted by Crippen LogP contribution is -2.61. The van der Waals surface area contributed by atoms with E-state index in [2.05, 4.69) is 10.2 Å². The highest BCUT2D eigenvalue weighted by Gasteiger charge is 2.46. The summed E-state index contributed by atoms with van der Waals surface area (Å²) in [6.45, 7) is 4.48. The highest BCUT2D eigenvalue weighted by atomic mass is 16.3. The Morgan fingerprint density at radius 3 is 2.75 bits per heavy atom. The van der Waals surface area contributed by atoms with Gasteiger partial charge in [-0.3, -0.25) is 9.89 Å². The summed E-state index contributed by atoms with van der Waals surface area (Å²) in [6, 6.07) is 7.57. The van der Waals surface area contributed by atoms with Gasteiger partial charge in [-0.15, -0.1) is 0 Å². The number of aromatic amines is 1. The first kappa shape index (κ1) is 12.9. The molecule has 1 aromatic heterocycles. The van der Waals surface area contributed by atoms with Gasteiger partial charge in [0.1, 0.15) is 5.60 Å². The van der Waals surface area contributed by atoms with Crippen molar-refractivity contribution in [3.63, 3.8) is 0 Å². The Labute approximate surface area is 117 Å². The van der Waals surface area contributed by atoms with Crippen LogP contribution in [0.1, 0.15) is 27.2 Å². The Morgan fingerprint density at radius 2 is 2.10 bits per heavy atom. The van der Waals surface area contributed by atoms with E-state index in [-0.39, 0.29) is 5.91 Å². The Balaban J connectivity index is 1.77. The van der Waals surface area contributed by atoms with Crippen molar-refractivity contribution in [2.75, 3.05) is 13.1 Å². The molecule has 2 heterocycles. The molecule has 1 aliphatic heterocycles. The number of benzene rings is 1. The second-order valence-electron chi connectivity index (χ2n) is 5.48. The molecule has 104 valence electrons. The average Bonchev–Trinajstić information content (AvgIpc) is 2.91. The number of aliphatic hydroxyl groups is 1. The van der Waals surface area contributed by atoms with E-state index in [1.165, 1.54) is 0 Å². The molecule has 20 heavy (non-hydrogen) atoms. The summed E-state index contributed by atoms with van der Waals surface area (Å²) in [6.07, 6.45) is 1.60. The van der Waals surface area contributed by atoms with Crippen molar-refractivity contribution in [2.24, 2.45) is 0 Å². The van der Waals surface area contributed by atoms with Gasteiger partial charge in [0.15, 0.2) is 0 Å². The van der Waals surface area contributed by atoms with E-state index in [1.807, 2.05) is 32.0 Å². The summed E-state index contributed by atoms with van der Waals surface area (Å²) in [5.74, 6) is -0.0320. The zero-order valence-electron chi connectivity index (χ0n) is 11.6. The molecule has 0 atom stereocenters. The molecule has 0 unspecified atom stereocenters. The maximum Gasteiger partial charge on any atom is 0.254 e. The van der Waals surface area contributed by atoms with E-state index >= 15 is 0 Å². The SMILES string of the molecule is Cc1ccc(C)c(C(=O)N2CC(O)(c3ccn[nH]3)C2)c1. The van der Waals surface area contributed by atoms with E-state index in [0.717, 1.165) is 11.1 Å². The van der Waals surface area contributed by atoms with Crippen molar-refractivity contribution in [1.29, 1.82) is 0 Å². The number of hydrogen-bond acceptors (Lipinski definition) is 3. The monoisotopic (exact) mass is 271 g/mol. The van der Waals surface area contributed by atoms with E-state index < -0.39 is 5.60 Å². The van der Waals surface area contributed by atoms with Crippen LogP contribution in [0, 0.1) is 13.8 Å². The number of amides is 1. The summed E-state index contributed by atoms with van der Waals surface area (Å²) in [7, 11) is 0. The summed E-state index contributed by atoms with van der Waals surface area (Å²) in [5.41, 5.74) is 2.38. The smallest absolute Gasteiger partial charge is 0.254 e. The van der Waals surface area contributed by atoms with Crippen LogP contribution >= 0.6 is 0 Å². The number of nitrogens with one attached hydrogen (secondary N) is 1. The van der Waals surface area contributed by atoms with Gasteiger partial charge in [0.25, 0.3) is 5.91 Å². The molecule has 5 heteroatoms. The topological polar surface area (TPSA) is 69.2 Å². The standard InChI is InChI=1S/C15H17N3O2/c1-10-3-4-11(2)12(7-10)14(19)18-8-15(20,9-18)13-5-6-16-17-13/h3-7,20H,8-9H2,1-2H3,(H,16,17). The number of aryl methyl sites for hydroxylation is 2. The molecule has 2 aromatic rings. The van der Waals surface area contributed by atoms with Crippen LogP contribution in [0.15, 0.2) is 30.5 Å². The van der Waals surface area contributed by atoms with E-state index in [0.29, 0.717) is 24.3 Å². The molecule has 1 fully saturated rings. The summed E-state index contributed by atoms with van der Waals surface area (Å²) < 4.78 is 0. The molecule has 1 amide bonds. The molecule has 0 saturated carbocycles. The van der Waals surface area contributed by atoms with Gasteiger partial charge in [0, 0.05) is 11.8 Å².